The third-order valence-corrected chi connectivity index (χ3v) is 3.13. The minimum atomic E-state index is -0.496. The van der Waals surface area contributed by atoms with E-state index in [1.165, 1.54) is 0 Å². The Hall–Kier alpha value is -2.35. The summed E-state index contributed by atoms with van der Waals surface area (Å²) in [5.41, 5.74) is 11.5. The summed E-state index contributed by atoms with van der Waals surface area (Å²) in [6.45, 7) is 0. The van der Waals surface area contributed by atoms with Crippen molar-refractivity contribution >= 4 is 23.4 Å². The van der Waals surface area contributed by atoms with Gasteiger partial charge in [-0.25, -0.2) is 0 Å². The van der Waals surface area contributed by atoms with Crippen LogP contribution in [0.15, 0.2) is 34.2 Å². The molecule has 98 valence electrons. The molecule has 1 amide bonds. The minimum Gasteiger partial charge on any atom is -0.398 e. The van der Waals surface area contributed by atoms with Crippen molar-refractivity contribution in [1.29, 1.82) is 0 Å². The summed E-state index contributed by atoms with van der Waals surface area (Å²) in [4.78, 5) is 25.1. The number of H-pyrrole nitrogens is 1. The molecule has 0 aliphatic carbocycles. The summed E-state index contributed by atoms with van der Waals surface area (Å²) in [7, 11) is 0. The average Bonchev–Trinajstić information content (AvgIpc) is 2.38. The molecule has 19 heavy (non-hydrogen) atoms. The Labute approximate surface area is 112 Å². The van der Waals surface area contributed by atoms with Crippen molar-refractivity contribution < 1.29 is 4.79 Å². The van der Waals surface area contributed by atoms with Crippen molar-refractivity contribution in [1.82, 2.24) is 15.2 Å². The summed E-state index contributed by atoms with van der Waals surface area (Å²) in [5, 5.41) is 7.90. The fraction of sp³-hybridized carbons (Fsp3) is 0.0909. The molecule has 0 saturated carbocycles. The SMILES string of the molecule is NC(=O)CSc1nnc(-c2ccccc2N)c(=O)[nH]1. The Morgan fingerprint density at radius 2 is 2.05 bits per heavy atom. The summed E-state index contributed by atoms with van der Waals surface area (Å²) >= 11 is 1.02. The smallest absolute Gasteiger partial charge is 0.278 e. The first-order valence-electron chi connectivity index (χ1n) is 5.31. The number of nitrogens with two attached hydrogens (primary N) is 2. The van der Waals surface area contributed by atoms with Gasteiger partial charge in [0.2, 0.25) is 5.91 Å². The van der Waals surface area contributed by atoms with Crippen molar-refractivity contribution in [3.8, 4) is 11.3 Å². The van der Waals surface area contributed by atoms with Crippen molar-refractivity contribution in [2.75, 3.05) is 11.5 Å². The molecule has 0 spiro atoms. The Bertz CT molecular complexity index is 670. The maximum Gasteiger partial charge on any atom is 0.278 e. The first-order valence-corrected chi connectivity index (χ1v) is 6.29. The summed E-state index contributed by atoms with van der Waals surface area (Å²) in [5.74, 6) is -0.471. The predicted octanol–water partition coefficient (Wildman–Crippen LogP) is -0.00850. The second-order valence-electron chi connectivity index (χ2n) is 3.65. The van der Waals surface area contributed by atoms with Crippen molar-refractivity contribution in [2.24, 2.45) is 5.73 Å². The van der Waals surface area contributed by atoms with Crippen LogP contribution in [0.25, 0.3) is 11.3 Å². The quantitative estimate of drug-likeness (QED) is 0.532. The molecule has 1 heterocycles. The number of anilines is 1. The molecule has 2 rings (SSSR count). The van der Waals surface area contributed by atoms with Crippen LogP contribution in [0, 0.1) is 0 Å². The van der Waals surface area contributed by atoms with E-state index in [0.717, 1.165) is 11.8 Å². The molecule has 0 unspecified atom stereocenters. The number of carbonyl (C=O) groups excluding carboxylic acids is 1. The number of nitrogens with one attached hydrogen (secondary N) is 1. The second kappa shape index (κ2) is 5.53. The first-order chi connectivity index (χ1) is 9.08. The second-order valence-corrected chi connectivity index (χ2v) is 4.61. The Balaban J connectivity index is 2.33. The monoisotopic (exact) mass is 277 g/mol. The molecule has 8 heteroatoms. The third-order valence-electron chi connectivity index (χ3n) is 2.24. The Morgan fingerprint density at radius 3 is 2.68 bits per heavy atom. The summed E-state index contributed by atoms with van der Waals surface area (Å²) < 4.78 is 0. The van der Waals surface area contributed by atoms with Gasteiger partial charge in [-0.2, -0.15) is 0 Å². The van der Waals surface area contributed by atoms with Gasteiger partial charge < -0.3 is 11.5 Å². The van der Waals surface area contributed by atoms with E-state index in [1.807, 2.05) is 0 Å². The minimum absolute atomic E-state index is 0.0252. The van der Waals surface area contributed by atoms with E-state index in [0.29, 0.717) is 11.3 Å². The van der Waals surface area contributed by atoms with Crippen molar-refractivity contribution in [3.05, 3.63) is 34.6 Å². The normalized spacial score (nSPS) is 10.3. The van der Waals surface area contributed by atoms with Crippen LogP contribution in [0.3, 0.4) is 0 Å². The zero-order chi connectivity index (χ0) is 13.8. The fourth-order valence-electron chi connectivity index (χ4n) is 1.42. The fourth-order valence-corrected chi connectivity index (χ4v) is 1.96. The number of nitrogen functional groups attached to an aromatic ring is 1. The van der Waals surface area contributed by atoms with Gasteiger partial charge in [-0.1, -0.05) is 30.0 Å². The summed E-state index contributed by atoms with van der Waals surface area (Å²) in [6.07, 6.45) is 0. The molecule has 0 saturated heterocycles. The van der Waals surface area contributed by atoms with Gasteiger partial charge in [0.25, 0.3) is 5.56 Å². The van der Waals surface area contributed by atoms with Crippen LogP contribution >= 0.6 is 11.8 Å². The lowest BCUT2D eigenvalue weighted by Crippen LogP contribution is -2.17. The van der Waals surface area contributed by atoms with Gasteiger partial charge in [0.05, 0.1) is 5.75 Å². The largest absolute Gasteiger partial charge is 0.398 e. The van der Waals surface area contributed by atoms with Crippen molar-refractivity contribution in [2.45, 2.75) is 5.16 Å². The van der Waals surface area contributed by atoms with Gasteiger partial charge in [0, 0.05) is 11.3 Å². The number of hydrogen-bond donors (Lipinski definition) is 3. The number of primary amides is 1. The number of carbonyl (C=O) groups is 1. The molecule has 7 nitrogen and oxygen atoms in total. The van der Waals surface area contributed by atoms with Crippen LogP contribution in [-0.4, -0.2) is 26.8 Å². The number of nitrogens with zero attached hydrogens (tertiary/aromatic N) is 2. The topological polar surface area (TPSA) is 128 Å². The van der Waals surface area contributed by atoms with Crippen LogP contribution in [-0.2, 0) is 4.79 Å². The number of hydrogen-bond acceptors (Lipinski definition) is 6. The van der Waals surface area contributed by atoms with E-state index in [2.05, 4.69) is 15.2 Å². The van der Waals surface area contributed by atoms with Gasteiger partial charge >= 0.3 is 0 Å². The van der Waals surface area contributed by atoms with Crippen LogP contribution in [0.1, 0.15) is 0 Å². The highest BCUT2D eigenvalue weighted by molar-refractivity contribution is 7.99. The van der Waals surface area contributed by atoms with E-state index in [-0.39, 0.29) is 16.6 Å². The highest BCUT2D eigenvalue weighted by Crippen LogP contribution is 2.20. The maximum atomic E-state index is 11.9. The molecule has 2 aromatic rings. The Kier molecular flexibility index (Phi) is 3.81. The van der Waals surface area contributed by atoms with Crippen molar-refractivity contribution in [3.63, 3.8) is 0 Å². The molecule has 0 radical (unpaired) electrons. The number of aromatic nitrogens is 3. The van der Waals surface area contributed by atoms with E-state index in [4.69, 9.17) is 11.5 Å². The molecule has 1 aromatic heterocycles. The van der Waals surface area contributed by atoms with E-state index in [1.54, 1.807) is 24.3 Å². The number of aromatic amines is 1. The number of para-hydroxylation sites is 1. The molecule has 0 aliphatic rings. The van der Waals surface area contributed by atoms with E-state index in [9.17, 15) is 9.59 Å². The molecule has 1 aromatic carbocycles. The number of rotatable bonds is 4. The Morgan fingerprint density at radius 1 is 1.32 bits per heavy atom. The number of thioether (sulfide) groups is 1. The average molecular weight is 277 g/mol. The predicted molar refractivity (Wildman–Crippen MR) is 72.4 cm³/mol. The molecule has 0 fully saturated rings. The molecule has 0 aliphatic heterocycles. The molecule has 0 atom stereocenters. The highest BCUT2D eigenvalue weighted by Gasteiger charge is 2.10. The standard InChI is InChI=1S/C11H11N5O2S/c12-7-4-2-1-3-6(7)9-10(18)14-11(16-15-9)19-5-8(13)17/h1-4H,5,12H2,(H2,13,17)(H,14,16,18). The van der Waals surface area contributed by atoms with Gasteiger partial charge in [0.15, 0.2) is 10.9 Å². The molecular weight excluding hydrogens is 266 g/mol. The lowest BCUT2D eigenvalue weighted by molar-refractivity contribution is -0.115. The zero-order valence-corrected chi connectivity index (χ0v) is 10.6. The zero-order valence-electron chi connectivity index (χ0n) is 9.79. The van der Waals surface area contributed by atoms with E-state index < -0.39 is 11.5 Å². The van der Waals surface area contributed by atoms with Gasteiger partial charge in [-0.3, -0.25) is 14.6 Å². The molecule has 5 N–H and O–H groups in total. The number of benzene rings is 1. The first kappa shape index (κ1) is 13.1. The van der Waals surface area contributed by atoms with Gasteiger partial charge in [0.1, 0.15) is 0 Å². The van der Waals surface area contributed by atoms with Crippen LogP contribution < -0.4 is 17.0 Å². The number of amides is 1. The van der Waals surface area contributed by atoms with Crippen LogP contribution in [0.4, 0.5) is 5.69 Å². The lowest BCUT2D eigenvalue weighted by Gasteiger charge is -2.03. The highest BCUT2D eigenvalue weighted by atomic mass is 32.2. The van der Waals surface area contributed by atoms with Crippen LogP contribution in [0.5, 0.6) is 0 Å². The van der Waals surface area contributed by atoms with Crippen LogP contribution in [0.2, 0.25) is 0 Å². The van der Waals surface area contributed by atoms with Gasteiger partial charge in [-0.15, -0.1) is 10.2 Å². The van der Waals surface area contributed by atoms with E-state index >= 15 is 0 Å². The molecular formula is C11H11N5O2S. The molecule has 0 bridgehead atoms. The lowest BCUT2D eigenvalue weighted by atomic mass is 10.1. The summed E-state index contributed by atoms with van der Waals surface area (Å²) in [6, 6.07) is 6.87. The third kappa shape index (κ3) is 3.10. The maximum absolute atomic E-state index is 11.9. The van der Waals surface area contributed by atoms with Gasteiger partial charge in [-0.05, 0) is 6.07 Å².